The quantitative estimate of drug-likeness (QED) is 0.396. The first-order valence-electron chi connectivity index (χ1n) is 3.82. The molecular formula is C8H10O2. The summed E-state index contributed by atoms with van der Waals surface area (Å²) in [6, 6.07) is 0. The van der Waals surface area contributed by atoms with Gasteiger partial charge >= 0.3 is 0 Å². The average Bonchev–Trinajstić information content (AvgIpc) is 2.46. The number of hydrogen-bond donors (Lipinski definition) is 0. The van der Waals surface area contributed by atoms with Crippen molar-refractivity contribution in [2.45, 2.75) is 19.3 Å². The summed E-state index contributed by atoms with van der Waals surface area (Å²) in [5.41, 5.74) is 0. The zero-order valence-corrected chi connectivity index (χ0v) is 5.75. The van der Waals surface area contributed by atoms with Crippen LogP contribution in [0.3, 0.4) is 0 Å². The van der Waals surface area contributed by atoms with Gasteiger partial charge in [-0.1, -0.05) is 0 Å². The Hall–Kier alpha value is -0.660. The van der Waals surface area contributed by atoms with E-state index in [9.17, 15) is 9.59 Å². The standard InChI is InChI=1S/C8H10O2/c9-4-7-5-1-2-6(3-5)8(7)10/h4-7H,1-3H2. The van der Waals surface area contributed by atoms with E-state index in [2.05, 4.69) is 0 Å². The second kappa shape index (κ2) is 1.91. The minimum Gasteiger partial charge on any atom is -0.303 e. The maximum Gasteiger partial charge on any atom is 0.146 e. The second-order valence-electron chi connectivity index (χ2n) is 3.33. The van der Waals surface area contributed by atoms with Gasteiger partial charge in [0.1, 0.15) is 12.1 Å². The molecule has 2 aliphatic carbocycles. The number of hydrogen-bond acceptors (Lipinski definition) is 2. The first-order chi connectivity index (χ1) is 4.83. The summed E-state index contributed by atoms with van der Waals surface area (Å²) in [6.07, 6.45) is 3.96. The SMILES string of the molecule is O=CC1C(=O)C2CCC1C2. The van der Waals surface area contributed by atoms with Gasteiger partial charge in [0.2, 0.25) is 0 Å². The van der Waals surface area contributed by atoms with Crippen LogP contribution in [0.2, 0.25) is 0 Å². The Morgan fingerprint density at radius 2 is 2.20 bits per heavy atom. The first-order valence-corrected chi connectivity index (χ1v) is 3.82. The molecule has 0 radical (unpaired) electrons. The highest BCUT2D eigenvalue weighted by atomic mass is 16.1. The van der Waals surface area contributed by atoms with Gasteiger partial charge < -0.3 is 4.79 Å². The van der Waals surface area contributed by atoms with Gasteiger partial charge in [-0.2, -0.15) is 0 Å². The summed E-state index contributed by atoms with van der Waals surface area (Å²) in [4.78, 5) is 21.6. The third-order valence-corrected chi connectivity index (χ3v) is 2.86. The van der Waals surface area contributed by atoms with E-state index < -0.39 is 0 Å². The van der Waals surface area contributed by atoms with Crippen molar-refractivity contribution in [3.8, 4) is 0 Å². The van der Waals surface area contributed by atoms with E-state index in [1.165, 1.54) is 0 Å². The molecule has 10 heavy (non-hydrogen) atoms. The van der Waals surface area contributed by atoms with Gasteiger partial charge in [0.05, 0.1) is 5.92 Å². The number of carbonyl (C=O) groups is 2. The van der Waals surface area contributed by atoms with Crippen molar-refractivity contribution in [1.29, 1.82) is 0 Å². The molecule has 3 atom stereocenters. The minimum absolute atomic E-state index is 0.214. The molecular weight excluding hydrogens is 128 g/mol. The third-order valence-electron chi connectivity index (χ3n) is 2.86. The van der Waals surface area contributed by atoms with Crippen molar-refractivity contribution in [2.24, 2.45) is 17.8 Å². The molecule has 2 nitrogen and oxygen atoms in total. The van der Waals surface area contributed by atoms with E-state index in [-0.39, 0.29) is 17.6 Å². The Balaban J connectivity index is 2.24. The zero-order chi connectivity index (χ0) is 7.14. The molecule has 0 aromatic heterocycles. The highest BCUT2D eigenvalue weighted by Crippen LogP contribution is 2.44. The predicted molar refractivity (Wildman–Crippen MR) is 35.4 cm³/mol. The molecule has 0 aromatic rings. The smallest absolute Gasteiger partial charge is 0.146 e. The fourth-order valence-electron chi connectivity index (χ4n) is 2.28. The Morgan fingerprint density at radius 1 is 1.40 bits per heavy atom. The van der Waals surface area contributed by atoms with Gasteiger partial charge in [-0.05, 0) is 25.2 Å². The fraction of sp³-hybridized carbons (Fsp3) is 0.750. The van der Waals surface area contributed by atoms with Gasteiger partial charge in [0.25, 0.3) is 0 Å². The van der Waals surface area contributed by atoms with Crippen molar-refractivity contribution in [1.82, 2.24) is 0 Å². The molecule has 2 rings (SSSR count). The summed E-state index contributed by atoms with van der Waals surface area (Å²) in [5, 5.41) is 0. The van der Waals surface area contributed by atoms with E-state index in [1.807, 2.05) is 0 Å². The first kappa shape index (κ1) is 6.08. The Bertz CT molecular complexity index is 186. The van der Waals surface area contributed by atoms with Crippen molar-refractivity contribution in [3.63, 3.8) is 0 Å². The largest absolute Gasteiger partial charge is 0.303 e. The summed E-state index contributed by atoms with van der Waals surface area (Å²) < 4.78 is 0. The van der Waals surface area contributed by atoms with Gasteiger partial charge in [-0.25, -0.2) is 0 Å². The molecule has 2 saturated carbocycles. The van der Waals surface area contributed by atoms with Gasteiger partial charge in [0, 0.05) is 5.92 Å². The maximum absolute atomic E-state index is 11.2. The molecule has 2 fully saturated rings. The molecule has 54 valence electrons. The number of aldehydes is 1. The zero-order valence-electron chi connectivity index (χ0n) is 5.75. The van der Waals surface area contributed by atoms with Crippen LogP contribution in [-0.4, -0.2) is 12.1 Å². The molecule has 0 heterocycles. The van der Waals surface area contributed by atoms with E-state index in [0.29, 0.717) is 5.92 Å². The van der Waals surface area contributed by atoms with Crippen molar-refractivity contribution in [2.75, 3.05) is 0 Å². The van der Waals surface area contributed by atoms with Crippen LogP contribution in [0.25, 0.3) is 0 Å². The molecule has 0 aliphatic heterocycles. The molecule has 0 saturated heterocycles. The lowest BCUT2D eigenvalue weighted by atomic mass is 9.89. The highest BCUT2D eigenvalue weighted by Gasteiger charge is 2.46. The van der Waals surface area contributed by atoms with E-state index in [4.69, 9.17) is 0 Å². The summed E-state index contributed by atoms with van der Waals surface area (Å²) in [6.45, 7) is 0. The molecule has 0 aromatic carbocycles. The van der Waals surface area contributed by atoms with Crippen LogP contribution < -0.4 is 0 Å². The molecule has 0 amide bonds. The van der Waals surface area contributed by atoms with Gasteiger partial charge in [-0.3, -0.25) is 4.79 Å². The van der Waals surface area contributed by atoms with Crippen LogP contribution in [0.4, 0.5) is 0 Å². The van der Waals surface area contributed by atoms with Crippen LogP contribution in [0.5, 0.6) is 0 Å². The van der Waals surface area contributed by atoms with Crippen LogP contribution in [0.15, 0.2) is 0 Å². The van der Waals surface area contributed by atoms with E-state index >= 15 is 0 Å². The monoisotopic (exact) mass is 138 g/mol. The Morgan fingerprint density at radius 3 is 2.60 bits per heavy atom. The van der Waals surface area contributed by atoms with Crippen molar-refractivity contribution < 1.29 is 9.59 Å². The van der Waals surface area contributed by atoms with Gasteiger partial charge in [-0.15, -0.1) is 0 Å². The lowest BCUT2D eigenvalue weighted by molar-refractivity contribution is -0.129. The number of Topliss-reactive ketones (excluding diaryl/α,β-unsaturated/α-hetero) is 1. The Kier molecular flexibility index (Phi) is 1.16. The van der Waals surface area contributed by atoms with Crippen LogP contribution in [-0.2, 0) is 9.59 Å². The summed E-state index contributed by atoms with van der Waals surface area (Å²) >= 11 is 0. The van der Waals surface area contributed by atoms with Crippen LogP contribution in [0, 0.1) is 17.8 Å². The predicted octanol–water partition coefficient (Wildman–Crippen LogP) is 0.800. The average molecular weight is 138 g/mol. The topological polar surface area (TPSA) is 34.1 Å². The van der Waals surface area contributed by atoms with Crippen molar-refractivity contribution >= 4 is 12.1 Å². The molecule has 2 bridgehead atoms. The number of carbonyl (C=O) groups excluding carboxylic acids is 2. The Labute approximate surface area is 59.6 Å². The third kappa shape index (κ3) is 0.591. The van der Waals surface area contributed by atoms with Crippen molar-refractivity contribution in [3.05, 3.63) is 0 Å². The minimum atomic E-state index is -0.223. The van der Waals surface area contributed by atoms with Crippen LogP contribution in [0.1, 0.15) is 19.3 Å². The maximum atomic E-state index is 11.2. The number of fused-ring (bicyclic) bond motifs is 2. The number of rotatable bonds is 1. The molecule has 0 spiro atoms. The molecule has 2 aliphatic rings. The van der Waals surface area contributed by atoms with Gasteiger partial charge in [0.15, 0.2) is 0 Å². The fourth-order valence-corrected chi connectivity index (χ4v) is 2.28. The summed E-state index contributed by atoms with van der Waals surface area (Å²) in [7, 11) is 0. The molecule has 0 N–H and O–H groups in total. The van der Waals surface area contributed by atoms with E-state index in [0.717, 1.165) is 25.5 Å². The second-order valence-corrected chi connectivity index (χ2v) is 3.33. The lowest BCUT2D eigenvalue weighted by Gasteiger charge is -2.13. The lowest BCUT2D eigenvalue weighted by Crippen LogP contribution is -2.22. The van der Waals surface area contributed by atoms with E-state index in [1.54, 1.807) is 0 Å². The molecule has 2 heteroatoms. The van der Waals surface area contributed by atoms with Crippen LogP contribution >= 0.6 is 0 Å². The summed E-state index contributed by atoms with van der Waals surface area (Å²) in [5.74, 6) is 0.653. The molecule has 3 unspecified atom stereocenters. The highest BCUT2D eigenvalue weighted by molar-refractivity contribution is 5.97. The normalized spacial score (nSPS) is 44.4. The number of ketones is 1.